The number of halogens is 3. The Morgan fingerprint density at radius 1 is 1.04 bits per heavy atom. The first-order chi connectivity index (χ1) is 11.2. The fourth-order valence-corrected chi connectivity index (χ4v) is 1.22. The SMILES string of the molecule is C1CNNN1.FC(F)F.O=P([O-])(O)O.[Cs+].c1ccc2nccnc2c1. The molecule has 136 valence electrons. The van der Waals surface area contributed by atoms with E-state index < -0.39 is 14.5 Å². The molecule has 1 aromatic heterocycles. The number of para-hydroxylation sites is 2. The van der Waals surface area contributed by atoms with Gasteiger partial charge in [-0.25, -0.2) is 10.9 Å². The Kier molecular flexibility index (Phi) is 18.3. The number of hydrogen-bond donors (Lipinski definition) is 5. The number of fused-ring (bicyclic) bond motifs is 1. The van der Waals surface area contributed by atoms with E-state index in [1.165, 1.54) is 0 Å². The van der Waals surface area contributed by atoms with Crippen molar-refractivity contribution in [1.82, 2.24) is 26.4 Å². The Labute approximate surface area is 200 Å². The third-order valence-corrected chi connectivity index (χ3v) is 1.93. The Morgan fingerprint density at radius 3 is 1.60 bits per heavy atom. The fraction of sp³-hybridized carbons (Fsp3) is 0.273. The Morgan fingerprint density at radius 2 is 1.36 bits per heavy atom. The number of benzene rings is 1. The van der Waals surface area contributed by atoms with Gasteiger partial charge in [-0.1, -0.05) is 12.1 Å². The van der Waals surface area contributed by atoms with Gasteiger partial charge < -0.3 is 14.7 Å². The number of alkyl halides is 3. The van der Waals surface area contributed by atoms with Gasteiger partial charge in [0.2, 0.25) is 0 Å². The number of hydrogen-bond acceptors (Lipinski definition) is 7. The summed E-state index contributed by atoms with van der Waals surface area (Å²) < 4.78 is 37.8. The number of hydrazine groups is 2. The average Bonchev–Trinajstić information content (AvgIpc) is 3.04. The van der Waals surface area contributed by atoms with Gasteiger partial charge in [-0.3, -0.25) is 14.5 Å². The summed E-state index contributed by atoms with van der Waals surface area (Å²) in [6.45, 7) is -1.61. The van der Waals surface area contributed by atoms with Gasteiger partial charge in [0.15, 0.2) is 0 Å². The summed E-state index contributed by atoms with van der Waals surface area (Å²) >= 11 is 0. The molecule has 1 aromatic carbocycles. The first-order valence-electron chi connectivity index (χ1n) is 6.25. The zero-order valence-corrected chi connectivity index (χ0v) is 20.3. The quantitative estimate of drug-likeness (QED) is 0.236. The van der Waals surface area contributed by atoms with Crippen LogP contribution in [0.4, 0.5) is 13.2 Å². The van der Waals surface area contributed by atoms with Crippen molar-refractivity contribution in [3.05, 3.63) is 36.7 Å². The summed E-state index contributed by atoms with van der Waals surface area (Å²) in [6, 6.07) is 7.80. The molecule has 0 saturated carbocycles. The van der Waals surface area contributed by atoms with Crippen molar-refractivity contribution in [2.45, 2.75) is 6.68 Å². The molecule has 2 heterocycles. The second-order valence-corrected chi connectivity index (χ2v) is 4.74. The van der Waals surface area contributed by atoms with Crippen molar-refractivity contribution in [2.24, 2.45) is 0 Å². The van der Waals surface area contributed by atoms with Crippen molar-refractivity contribution >= 4 is 18.9 Å². The molecule has 1 fully saturated rings. The maximum Gasteiger partial charge on any atom is 1.00 e. The molecule has 0 spiro atoms. The zero-order valence-electron chi connectivity index (χ0n) is 13.1. The number of aromatic nitrogens is 2. The molecular weight excluding hydrogens is 487 g/mol. The van der Waals surface area contributed by atoms with Gasteiger partial charge in [-0.15, -0.1) is 0 Å². The molecule has 0 unspecified atom stereocenters. The van der Waals surface area contributed by atoms with E-state index in [0.717, 1.165) is 24.1 Å². The molecule has 3 rings (SSSR count). The molecule has 0 atom stereocenters. The van der Waals surface area contributed by atoms with Crippen LogP contribution in [-0.4, -0.2) is 39.5 Å². The van der Waals surface area contributed by atoms with Gasteiger partial charge in [0.1, 0.15) is 0 Å². The fourth-order valence-electron chi connectivity index (χ4n) is 1.22. The molecule has 0 aliphatic carbocycles. The second-order valence-electron chi connectivity index (χ2n) is 3.76. The van der Waals surface area contributed by atoms with Crippen molar-refractivity contribution in [2.75, 3.05) is 13.1 Å². The summed E-state index contributed by atoms with van der Waals surface area (Å²) in [7, 11) is -4.89. The van der Waals surface area contributed by atoms with Crippen LogP contribution in [0.1, 0.15) is 0 Å². The molecule has 14 heteroatoms. The van der Waals surface area contributed by atoms with Gasteiger partial charge >= 0.3 is 75.6 Å². The maximum absolute atomic E-state index is 9.67. The van der Waals surface area contributed by atoms with E-state index in [0.29, 0.717) is 0 Å². The third-order valence-electron chi connectivity index (χ3n) is 1.93. The largest absolute Gasteiger partial charge is 1.00 e. The summed E-state index contributed by atoms with van der Waals surface area (Å²) in [5, 5.41) is 0. The minimum Gasteiger partial charge on any atom is -0.756 e. The maximum atomic E-state index is 9.67. The van der Waals surface area contributed by atoms with E-state index in [4.69, 9.17) is 19.2 Å². The van der Waals surface area contributed by atoms with Crippen molar-refractivity contribution in [3.8, 4) is 0 Å². The minimum atomic E-state index is -4.89. The summed E-state index contributed by atoms with van der Waals surface area (Å²) in [5.74, 6) is 0. The molecular formula is C11H16CsF3N5O4P. The van der Waals surface area contributed by atoms with Crippen LogP contribution in [0.2, 0.25) is 0 Å². The predicted octanol–water partition coefficient (Wildman–Crippen LogP) is -3.15. The van der Waals surface area contributed by atoms with E-state index in [9.17, 15) is 13.2 Å². The first kappa shape index (κ1) is 27.6. The Balaban J connectivity index is 0. The smallest absolute Gasteiger partial charge is 0.756 e. The van der Waals surface area contributed by atoms with E-state index in [2.05, 4.69) is 26.4 Å². The van der Waals surface area contributed by atoms with Gasteiger partial charge in [0, 0.05) is 25.5 Å². The van der Waals surface area contributed by atoms with Crippen LogP contribution in [-0.2, 0) is 4.57 Å². The number of nitrogens with zero attached hydrogens (tertiary/aromatic N) is 2. The Bertz CT molecular complexity index is 537. The van der Waals surface area contributed by atoms with Crippen LogP contribution >= 0.6 is 7.82 Å². The van der Waals surface area contributed by atoms with Crippen LogP contribution < -0.4 is 90.2 Å². The van der Waals surface area contributed by atoms with Crippen molar-refractivity contribution in [3.63, 3.8) is 0 Å². The van der Waals surface area contributed by atoms with E-state index in [1.807, 2.05) is 24.3 Å². The molecule has 2 aromatic rings. The minimum absolute atomic E-state index is 0. The molecule has 25 heavy (non-hydrogen) atoms. The van der Waals surface area contributed by atoms with Gasteiger partial charge in [-0.2, -0.15) is 18.7 Å². The number of nitrogens with one attached hydrogen (secondary N) is 3. The van der Waals surface area contributed by atoms with Crippen LogP contribution in [0, 0.1) is 0 Å². The average molecular weight is 503 g/mol. The van der Waals surface area contributed by atoms with Crippen LogP contribution in [0.25, 0.3) is 11.0 Å². The monoisotopic (exact) mass is 503 g/mol. The summed E-state index contributed by atoms with van der Waals surface area (Å²) in [6.07, 6.45) is 3.39. The molecule has 0 radical (unpaired) electrons. The Hall–Kier alpha value is 0.392. The van der Waals surface area contributed by atoms with Gasteiger partial charge in [0.25, 0.3) is 7.82 Å². The van der Waals surface area contributed by atoms with E-state index >= 15 is 0 Å². The molecule has 0 amide bonds. The number of phosphoric acid groups is 1. The zero-order chi connectivity index (χ0) is 18.4. The van der Waals surface area contributed by atoms with Gasteiger partial charge in [0.05, 0.1) is 11.0 Å². The van der Waals surface area contributed by atoms with Crippen LogP contribution in [0.3, 0.4) is 0 Å². The number of rotatable bonds is 0. The standard InChI is InChI=1S/C8H6N2.C2H7N3.CHF3.Cs.H3O4P/c1-2-4-8-7(3-1)9-5-6-10-8;1-2-4-5-3-1;2-1(3)4;;1-5(2,3)4/h1-6H;3-5H,1-2H2;1H;;(H3,1,2,3,4)/q;;;+1;/p-1. The van der Waals surface area contributed by atoms with E-state index in [-0.39, 0.29) is 68.9 Å². The van der Waals surface area contributed by atoms with E-state index in [1.54, 1.807) is 12.4 Å². The normalized spacial score (nSPS) is 12.6. The molecule has 0 bridgehead atoms. The summed E-state index contributed by atoms with van der Waals surface area (Å²) in [4.78, 5) is 31.2. The summed E-state index contributed by atoms with van der Waals surface area (Å²) in [5.41, 5.74) is 10.3. The molecule has 1 aliphatic rings. The first-order valence-corrected chi connectivity index (χ1v) is 7.78. The van der Waals surface area contributed by atoms with Crippen molar-refractivity contribution in [1.29, 1.82) is 0 Å². The van der Waals surface area contributed by atoms with Gasteiger partial charge in [-0.05, 0) is 12.1 Å². The molecule has 1 saturated heterocycles. The van der Waals surface area contributed by atoms with Crippen molar-refractivity contribution < 1.29 is 101 Å². The van der Waals surface area contributed by atoms with Crippen LogP contribution in [0.15, 0.2) is 36.7 Å². The third kappa shape index (κ3) is 22.4. The molecule has 9 nitrogen and oxygen atoms in total. The molecule has 5 N–H and O–H groups in total. The second kappa shape index (κ2) is 16.6. The predicted molar refractivity (Wildman–Crippen MR) is 77.8 cm³/mol. The molecule has 1 aliphatic heterocycles. The van der Waals surface area contributed by atoms with Crippen LogP contribution in [0.5, 0.6) is 0 Å². The topological polar surface area (TPSA) is 142 Å².